The van der Waals surface area contributed by atoms with E-state index in [1.54, 1.807) is 6.07 Å². The average molecular weight is 288 g/mol. The fourth-order valence-electron chi connectivity index (χ4n) is 2.25. The lowest BCUT2D eigenvalue weighted by Crippen LogP contribution is -2.40. The van der Waals surface area contributed by atoms with Crippen LogP contribution >= 0.6 is 11.6 Å². The number of carboxylic acid groups (broad SMARTS) is 1. The van der Waals surface area contributed by atoms with Crippen LogP contribution in [0.2, 0.25) is 5.02 Å². The molecule has 2 unspecified atom stereocenters. The lowest BCUT2D eigenvalue weighted by Gasteiger charge is -2.26. The minimum Gasteiger partial charge on any atom is -0.481 e. The minimum atomic E-state index is -0.862. The van der Waals surface area contributed by atoms with Crippen molar-refractivity contribution in [2.45, 2.75) is 12.6 Å². The molecule has 0 radical (unpaired) electrons. The van der Waals surface area contributed by atoms with Crippen molar-refractivity contribution < 1.29 is 19.0 Å². The number of benzene rings is 1. The Balaban J connectivity index is 2.08. The summed E-state index contributed by atoms with van der Waals surface area (Å²) in [6.07, 6.45) is 0. The molecule has 1 aromatic carbocycles. The molecule has 1 heterocycles. The van der Waals surface area contributed by atoms with Crippen molar-refractivity contribution >= 4 is 17.6 Å². The number of nitrogens with zero attached hydrogens (tertiary/aromatic N) is 1. The number of halogens is 2. The number of hydrogen-bond acceptors (Lipinski definition) is 3. The summed E-state index contributed by atoms with van der Waals surface area (Å²) in [4.78, 5) is 13.0. The average Bonchev–Trinajstić information content (AvgIpc) is 2.82. The summed E-state index contributed by atoms with van der Waals surface area (Å²) in [6.45, 7) is 1.06. The Kier molecular flexibility index (Phi) is 4.39. The van der Waals surface area contributed by atoms with E-state index in [1.165, 1.54) is 12.1 Å². The Morgan fingerprint density at radius 3 is 2.95 bits per heavy atom. The molecule has 0 aromatic heterocycles. The van der Waals surface area contributed by atoms with Gasteiger partial charge in [0.15, 0.2) is 0 Å². The molecule has 1 aromatic rings. The number of rotatable bonds is 4. The molecular formula is C13H15ClFNO3. The Morgan fingerprint density at radius 2 is 2.32 bits per heavy atom. The highest BCUT2D eigenvalue weighted by Crippen LogP contribution is 2.24. The van der Waals surface area contributed by atoms with E-state index in [-0.39, 0.29) is 18.5 Å². The van der Waals surface area contributed by atoms with Crippen molar-refractivity contribution in [2.24, 2.45) is 5.92 Å². The third-order valence-electron chi connectivity index (χ3n) is 3.37. The van der Waals surface area contributed by atoms with Crippen LogP contribution < -0.4 is 0 Å². The summed E-state index contributed by atoms with van der Waals surface area (Å²) in [6, 6.07) is 4.01. The molecule has 104 valence electrons. The van der Waals surface area contributed by atoms with Gasteiger partial charge >= 0.3 is 5.97 Å². The zero-order valence-electron chi connectivity index (χ0n) is 10.5. The predicted molar refractivity (Wildman–Crippen MR) is 68.6 cm³/mol. The van der Waals surface area contributed by atoms with Gasteiger partial charge in [-0.05, 0) is 24.7 Å². The highest BCUT2D eigenvalue weighted by molar-refractivity contribution is 6.31. The molecule has 1 fully saturated rings. The van der Waals surface area contributed by atoms with Gasteiger partial charge in [0.1, 0.15) is 5.82 Å². The first-order valence-electron chi connectivity index (χ1n) is 5.93. The van der Waals surface area contributed by atoms with E-state index in [0.29, 0.717) is 18.2 Å². The number of hydrogen-bond donors (Lipinski definition) is 1. The summed E-state index contributed by atoms with van der Waals surface area (Å²) >= 11 is 5.96. The largest absolute Gasteiger partial charge is 0.481 e. The Bertz CT molecular complexity index is 483. The van der Waals surface area contributed by atoms with Gasteiger partial charge in [-0.15, -0.1) is 0 Å². The number of carboxylic acids is 1. The summed E-state index contributed by atoms with van der Waals surface area (Å²) in [5.41, 5.74) is 0.765. The predicted octanol–water partition coefficient (Wildman–Crippen LogP) is 2.01. The van der Waals surface area contributed by atoms with Crippen LogP contribution in [0.3, 0.4) is 0 Å². The lowest BCUT2D eigenvalue weighted by atomic mass is 10.0. The fraction of sp³-hybridized carbons (Fsp3) is 0.462. The first kappa shape index (κ1) is 14.2. The molecular weight excluding hydrogens is 273 g/mol. The van der Waals surface area contributed by atoms with Gasteiger partial charge in [-0.1, -0.05) is 17.7 Å². The van der Waals surface area contributed by atoms with Crippen LogP contribution in [0.4, 0.5) is 4.39 Å². The van der Waals surface area contributed by atoms with Crippen LogP contribution in [0.5, 0.6) is 0 Å². The fourth-order valence-corrected chi connectivity index (χ4v) is 2.48. The molecule has 1 aliphatic heterocycles. The standard InChI is InChI=1S/C13H15ClFNO3/c1-16(12-7-19-6-10(12)13(17)18)5-8-2-3-9(15)4-11(8)14/h2-4,10,12H,5-7H2,1H3,(H,17,18). The molecule has 0 spiro atoms. The number of likely N-dealkylation sites (N-methyl/N-ethyl adjacent to an activating group) is 1. The second-order valence-electron chi connectivity index (χ2n) is 4.70. The summed E-state index contributed by atoms with van der Waals surface area (Å²) in [5.74, 6) is -1.78. The van der Waals surface area contributed by atoms with Crippen molar-refractivity contribution in [3.8, 4) is 0 Å². The Hall–Kier alpha value is -1.17. The molecule has 0 saturated carbocycles. The molecule has 0 amide bonds. The van der Waals surface area contributed by atoms with Crippen molar-refractivity contribution in [3.63, 3.8) is 0 Å². The maximum Gasteiger partial charge on any atom is 0.310 e. The summed E-state index contributed by atoms with van der Waals surface area (Å²) in [5, 5.41) is 9.45. The van der Waals surface area contributed by atoms with E-state index in [9.17, 15) is 9.18 Å². The lowest BCUT2D eigenvalue weighted by molar-refractivity contribution is -0.143. The van der Waals surface area contributed by atoms with Crippen LogP contribution in [-0.4, -0.2) is 42.3 Å². The first-order valence-corrected chi connectivity index (χ1v) is 6.31. The molecule has 0 aliphatic carbocycles. The van der Waals surface area contributed by atoms with Crippen molar-refractivity contribution in [1.82, 2.24) is 4.90 Å². The maximum absolute atomic E-state index is 13.0. The van der Waals surface area contributed by atoms with Crippen molar-refractivity contribution in [1.29, 1.82) is 0 Å². The number of ether oxygens (including phenoxy) is 1. The second kappa shape index (κ2) is 5.86. The Labute approximate surface area is 115 Å². The normalized spacial score (nSPS) is 22.9. The van der Waals surface area contributed by atoms with Crippen molar-refractivity contribution in [3.05, 3.63) is 34.6 Å². The molecule has 6 heteroatoms. The molecule has 4 nitrogen and oxygen atoms in total. The Morgan fingerprint density at radius 1 is 1.58 bits per heavy atom. The highest BCUT2D eigenvalue weighted by atomic mass is 35.5. The van der Waals surface area contributed by atoms with E-state index in [0.717, 1.165) is 5.56 Å². The van der Waals surface area contributed by atoms with Gasteiger partial charge in [0.05, 0.1) is 19.1 Å². The molecule has 0 bridgehead atoms. The van der Waals surface area contributed by atoms with Crippen LogP contribution in [0, 0.1) is 11.7 Å². The SMILES string of the molecule is CN(Cc1ccc(F)cc1Cl)C1COCC1C(=O)O. The third kappa shape index (κ3) is 3.23. The summed E-state index contributed by atoms with van der Waals surface area (Å²) < 4.78 is 18.2. The van der Waals surface area contributed by atoms with Gasteiger partial charge in [-0.2, -0.15) is 0 Å². The highest BCUT2D eigenvalue weighted by Gasteiger charge is 2.36. The van der Waals surface area contributed by atoms with Crippen LogP contribution in [0.15, 0.2) is 18.2 Å². The molecule has 2 atom stereocenters. The number of carbonyl (C=O) groups is 1. The van der Waals surface area contributed by atoms with E-state index in [1.807, 2.05) is 11.9 Å². The summed E-state index contributed by atoms with van der Waals surface area (Å²) in [7, 11) is 1.81. The first-order chi connectivity index (χ1) is 8.99. The monoisotopic (exact) mass is 287 g/mol. The molecule has 1 saturated heterocycles. The third-order valence-corrected chi connectivity index (χ3v) is 3.72. The van der Waals surface area contributed by atoms with Gasteiger partial charge in [-0.3, -0.25) is 9.69 Å². The molecule has 19 heavy (non-hydrogen) atoms. The minimum absolute atomic E-state index is 0.196. The van der Waals surface area contributed by atoms with Gasteiger partial charge in [0.2, 0.25) is 0 Å². The van der Waals surface area contributed by atoms with Crippen LogP contribution in [0.1, 0.15) is 5.56 Å². The van der Waals surface area contributed by atoms with Crippen LogP contribution in [-0.2, 0) is 16.1 Å². The molecule has 1 aliphatic rings. The van der Waals surface area contributed by atoms with Gasteiger partial charge in [-0.25, -0.2) is 4.39 Å². The van der Waals surface area contributed by atoms with Crippen molar-refractivity contribution in [2.75, 3.05) is 20.3 Å². The van der Waals surface area contributed by atoms with Gasteiger partial charge < -0.3 is 9.84 Å². The number of aliphatic carboxylic acids is 1. The molecule has 1 N–H and O–H groups in total. The zero-order valence-corrected chi connectivity index (χ0v) is 11.2. The molecule has 2 rings (SSSR count). The smallest absolute Gasteiger partial charge is 0.310 e. The van der Waals surface area contributed by atoms with E-state index < -0.39 is 11.9 Å². The maximum atomic E-state index is 13.0. The quantitative estimate of drug-likeness (QED) is 0.920. The van der Waals surface area contributed by atoms with Gasteiger partial charge in [0, 0.05) is 17.6 Å². The zero-order chi connectivity index (χ0) is 14.0. The van der Waals surface area contributed by atoms with E-state index >= 15 is 0 Å². The van der Waals surface area contributed by atoms with E-state index in [4.69, 9.17) is 21.4 Å². The topological polar surface area (TPSA) is 49.8 Å². The second-order valence-corrected chi connectivity index (χ2v) is 5.11. The van der Waals surface area contributed by atoms with Crippen LogP contribution in [0.25, 0.3) is 0 Å². The van der Waals surface area contributed by atoms with E-state index in [2.05, 4.69) is 0 Å². The van der Waals surface area contributed by atoms with Gasteiger partial charge in [0.25, 0.3) is 0 Å².